The van der Waals surface area contributed by atoms with Crippen molar-refractivity contribution in [2.45, 2.75) is 44.9 Å². The van der Waals surface area contributed by atoms with Crippen LogP contribution in [0.2, 0.25) is 0 Å². The highest BCUT2D eigenvalue weighted by Gasteiger charge is 2.44. The van der Waals surface area contributed by atoms with Crippen LogP contribution >= 0.6 is 11.8 Å². The van der Waals surface area contributed by atoms with Crippen molar-refractivity contribution in [2.75, 3.05) is 18.2 Å². The number of carbonyl (C=O) groups excluding carboxylic acids is 1. The first-order valence-corrected chi connectivity index (χ1v) is 12.6. The fourth-order valence-electron chi connectivity index (χ4n) is 4.71. The first-order valence-electron chi connectivity index (χ1n) is 11.6. The molecule has 1 amide bonds. The summed E-state index contributed by atoms with van der Waals surface area (Å²) in [7, 11) is 1.68. The van der Waals surface area contributed by atoms with Crippen molar-refractivity contribution in [2.24, 2.45) is 5.10 Å². The molecule has 5 rings (SSSR count). The number of para-hydroxylation sites is 1. The van der Waals surface area contributed by atoms with Crippen molar-refractivity contribution in [1.82, 2.24) is 20.8 Å². The zero-order valence-electron chi connectivity index (χ0n) is 19.6. The van der Waals surface area contributed by atoms with Crippen LogP contribution in [0.4, 0.5) is 5.69 Å². The number of rotatable bonds is 6. The lowest BCUT2D eigenvalue weighted by Crippen LogP contribution is -2.54. The normalized spacial score (nSPS) is 22.7. The summed E-state index contributed by atoms with van der Waals surface area (Å²) in [5.74, 6) is 1.14. The van der Waals surface area contributed by atoms with Gasteiger partial charge in [-0.05, 0) is 48.6 Å². The Labute approximate surface area is 204 Å². The first kappa shape index (κ1) is 22.6. The predicted molar refractivity (Wildman–Crippen MR) is 136 cm³/mol. The molecule has 3 atom stereocenters. The number of hydrazine groups is 1. The number of carbonyl (C=O) groups is 1. The smallest absolute Gasteiger partial charge is 0.234 e. The number of fused-ring (bicyclic) bond motifs is 3. The molecule has 2 aromatic rings. The van der Waals surface area contributed by atoms with Crippen molar-refractivity contribution in [3.8, 4) is 5.75 Å². The van der Waals surface area contributed by atoms with Crippen molar-refractivity contribution >= 4 is 28.5 Å². The molecule has 0 spiro atoms. The number of anilines is 1. The highest BCUT2D eigenvalue weighted by molar-refractivity contribution is 8.14. The summed E-state index contributed by atoms with van der Waals surface area (Å²) in [6.45, 7) is 4.12. The molecule has 3 N–H and O–H groups in total. The standard InChI is InChI=1S/C25H30N6O2S/c1-4-17-7-5-6-16(2)23(17)26-22(32)15-34-25-28-27-24-21-14-20(29-31(21)13-12-30(24)25)18-8-10-19(33-3)11-9-18/h5-13,20-21,24,27,29H,4,14-15H2,1-3H3,(H,26,32). The monoisotopic (exact) mass is 478 g/mol. The molecule has 0 aliphatic carbocycles. The molecule has 9 heteroatoms. The molecule has 8 nitrogen and oxygen atoms in total. The summed E-state index contributed by atoms with van der Waals surface area (Å²) in [5.41, 5.74) is 11.2. The van der Waals surface area contributed by atoms with Crippen LogP contribution in [0.15, 0.2) is 60.0 Å². The summed E-state index contributed by atoms with van der Waals surface area (Å²) in [5, 5.41) is 10.6. The van der Waals surface area contributed by atoms with Gasteiger partial charge in [-0.1, -0.05) is 49.0 Å². The molecule has 2 aromatic carbocycles. The number of thioether (sulfide) groups is 1. The number of hydrazone groups is 1. The van der Waals surface area contributed by atoms with Gasteiger partial charge in [-0.3, -0.25) is 10.2 Å². The van der Waals surface area contributed by atoms with Crippen LogP contribution in [0.1, 0.15) is 36.1 Å². The fourth-order valence-corrected chi connectivity index (χ4v) is 5.48. The predicted octanol–water partition coefficient (Wildman–Crippen LogP) is 3.55. The second-order valence-corrected chi connectivity index (χ2v) is 9.58. The number of ether oxygens (including phenoxy) is 1. The molecule has 3 unspecified atom stereocenters. The van der Waals surface area contributed by atoms with Gasteiger partial charge in [-0.25, -0.2) is 5.43 Å². The van der Waals surface area contributed by atoms with E-state index < -0.39 is 0 Å². The van der Waals surface area contributed by atoms with Crippen LogP contribution < -0.4 is 20.9 Å². The third-order valence-electron chi connectivity index (χ3n) is 6.56. The van der Waals surface area contributed by atoms with Gasteiger partial charge < -0.3 is 20.0 Å². The Kier molecular flexibility index (Phi) is 6.38. The molecule has 1 fully saturated rings. The maximum absolute atomic E-state index is 12.7. The van der Waals surface area contributed by atoms with Gasteiger partial charge in [0.15, 0.2) is 5.17 Å². The maximum Gasteiger partial charge on any atom is 0.234 e. The SMILES string of the molecule is CCc1cccc(C)c1NC(=O)CSC1=NNC2C3CC(c4ccc(OC)cc4)NN3C=CN12. The summed E-state index contributed by atoms with van der Waals surface area (Å²) in [6, 6.07) is 14.7. The van der Waals surface area contributed by atoms with Gasteiger partial charge in [0.25, 0.3) is 0 Å². The number of nitrogens with zero attached hydrogens (tertiary/aromatic N) is 3. The minimum atomic E-state index is -0.0233. The molecule has 34 heavy (non-hydrogen) atoms. The van der Waals surface area contributed by atoms with E-state index in [1.807, 2.05) is 37.4 Å². The lowest BCUT2D eigenvalue weighted by Gasteiger charge is -2.36. The van der Waals surface area contributed by atoms with Gasteiger partial charge in [0.2, 0.25) is 5.91 Å². The second-order valence-electron chi connectivity index (χ2n) is 8.64. The molecule has 0 radical (unpaired) electrons. The van der Waals surface area contributed by atoms with E-state index in [-0.39, 0.29) is 24.2 Å². The molecule has 0 aromatic heterocycles. The number of amides is 1. The number of methoxy groups -OCH3 is 1. The summed E-state index contributed by atoms with van der Waals surface area (Å²) in [6.07, 6.45) is 5.91. The molecule has 178 valence electrons. The first-order chi connectivity index (χ1) is 16.6. The summed E-state index contributed by atoms with van der Waals surface area (Å²) in [4.78, 5) is 14.8. The van der Waals surface area contributed by atoms with E-state index in [4.69, 9.17) is 4.74 Å². The summed E-state index contributed by atoms with van der Waals surface area (Å²) >= 11 is 1.45. The second kappa shape index (κ2) is 9.60. The van der Waals surface area contributed by atoms with Gasteiger partial charge in [0, 0.05) is 18.1 Å². The van der Waals surface area contributed by atoms with E-state index in [9.17, 15) is 4.79 Å². The Morgan fingerprint density at radius 1 is 1.24 bits per heavy atom. The zero-order valence-corrected chi connectivity index (χ0v) is 20.4. The van der Waals surface area contributed by atoms with Crippen LogP contribution in [-0.4, -0.2) is 46.1 Å². The lowest BCUT2D eigenvalue weighted by molar-refractivity contribution is -0.113. The van der Waals surface area contributed by atoms with Crippen LogP contribution in [-0.2, 0) is 11.2 Å². The Balaban J connectivity index is 1.19. The van der Waals surface area contributed by atoms with Crippen LogP contribution in [0, 0.1) is 6.92 Å². The van der Waals surface area contributed by atoms with E-state index in [0.717, 1.165) is 40.6 Å². The van der Waals surface area contributed by atoms with Crippen LogP contribution in [0.25, 0.3) is 0 Å². The number of benzene rings is 2. The average Bonchev–Trinajstić information content (AvgIpc) is 3.48. The largest absolute Gasteiger partial charge is 0.497 e. The zero-order chi connectivity index (χ0) is 23.7. The minimum Gasteiger partial charge on any atom is -0.497 e. The Morgan fingerprint density at radius 3 is 2.82 bits per heavy atom. The van der Waals surface area contributed by atoms with Gasteiger partial charge >= 0.3 is 0 Å². The number of nitrogens with one attached hydrogen (secondary N) is 3. The molecule has 0 saturated carbocycles. The topological polar surface area (TPSA) is 81.2 Å². The highest BCUT2D eigenvalue weighted by atomic mass is 32.2. The lowest BCUT2D eigenvalue weighted by atomic mass is 10.00. The fraction of sp³-hybridized carbons (Fsp3) is 0.360. The molecule has 0 bridgehead atoms. The molecule has 3 aliphatic rings. The van der Waals surface area contributed by atoms with Crippen molar-refractivity contribution in [3.63, 3.8) is 0 Å². The highest BCUT2D eigenvalue weighted by Crippen LogP contribution is 2.35. The Hall–Kier alpha value is -3.17. The van der Waals surface area contributed by atoms with Gasteiger partial charge in [0.1, 0.15) is 11.9 Å². The minimum absolute atomic E-state index is 0.0226. The van der Waals surface area contributed by atoms with E-state index >= 15 is 0 Å². The van der Waals surface area contributed by atoms with Gasteiger partial charge in [0.05, 0.1) is 24.9 Å². The van der Waals surface area contributed by atoms with Crippen LogP contribution in [0.5, 0.6) is 5.75 Å². The maximum atomic E-state index is 12.7. The summed E-state index contributed by atoms with van der Waals surface area (Å²) < 4.78 is 5.28. The van der Waals surface area contributed by atoms with Crippen molar-refractivity contribution < 1.29 is 9.53 Å². The van der Waals surface area contributed by atoms with Crippen molar-refractivity contribution in [1.29, 1.82) is 0 Å². The third kappa shape index (κ3) is 4.33. The molecule has 3 heterocycles. The van der Waals surface area contributed by atoms with E-state index in [1.165, 1.54) is 17.3 Å². The van der Waals surface area contributed by atoms with E-state index in [1.54, 1.807) is 7.11 Å². The van der Waals surface area contributed by atoms with Crippen LogP contribution in [0.3, 0.4) is 0 Å². The molecular weight excluding hydrogens is 448 g/mol. The molecular formula is C25H30N6O2S. The van der Waals surface area contributed by atoms with Gasteiger partial charge in [-0.2, -0.15) is 5.10 Å². The Morgan fingerprint density at radius 2 is 2.06 bits per heavy atom. The van der Waals surface area contributed by atoms with Gasteiger partial charge in [-0.15, -0.1) is 0 Å². The number of hydrogen-bond donors (Lipinski definition) is 3. The molecule has 3 aliphatic heterocycles. The Bertz CT molecular complexity index is 1120. The quantitative estimate of drug-likeness (QED) is 0.586. The number of hydrogen-bond acceptors (Lipinski definition) is 8. The van der Waals surface area contributed by atoms with E-state index in [0.29, 0.717) is 5.75 Å². The van der Waals surface area contributed by atoms with Crippen molar-refractivity contribution in [3.05, 3.63) is 71.6 Å². The average molecular weight is 479 g/mol. The third-order valence-corrected chi connectivity index (χ3v) is 7.53. The number of aryl methyl sites for hydroxylation is 2. The number of amidine groups is 1. The van der Waals surface area contributed by atoms with E-state index in [2.05, 4.69) is 62.5 Å². The molecule has 1 saturated heterocycles.